The van der Waals surface area contributed by atoms with Gasteiger partial charge in [0.15, 0.2) is 5.82 Å². The zero-order chi connectivity index (χ0) is 19.5. The molecule has 1 heterocycles. The molecule has 3 nitrogen and oxygen atoms in total. The highest BCUT2D eigenvalue weighted by atomic mass is 35.5. The van der Waals surface area contributed by atoms with Gasteiger partial charge in [0.05, 0.1) is 6.61 Å². The van der Waals surface area contributed by atoms with Gasteiger partial charge in [0, 0.05) is 16.8 Å². The van der Waals surface area contributed by atoms with Crippen LogP contribution in [0.2, 0.25) is 5.15 Å². The van der Waals surface area contributed by atoms with Gasteiger partial charge < -0.3 is 4.74 Å². The van der Waals surface area contributed by atoms with Crippen LogP contribution in [0.4, 0.5) is 0 Å². The number of ether oxygens (including phenoxy) is 1. The molecule has 2 rings (SSSR count). The molecule has 0 saturated carbocycles. The summed E-state index contributed by atoms with van der Waals surface area (Å²) in [7, 11) is 0. The molecule has 0 radical (unpaired) electrons. The highest BCUT2D eigenvalue weighted by molar-refractivity contribution is 6.30. The molecule has 0 amide bonds. The van der Waals surface area contributed by atoms with Crippen molar-refractivity contribution in [1.82, 2.24) is 9.97 Å². The molecule has 4 heteroatoms. The van der Waals surface area contributed by atoms with Crippen LogP contribution in [0.15, 0.2) is 24.3 Å². The van der Waals surface area contributed by atoms with E-state index in [1.165, 1.54) is 38.5 Å². The second kappa shape index (κ2) is 12.0. The number of hydrogen-bond donors (Lipinski definition) is 0. The van der Waals surface area contributed by atoms with Crippen molar-refractivity contribution in [3.63, 3.8) is 0 Å². The molecule has 0 aliphatic heterocycles. The van der Waals surface area contributed by atoms with Gasteiger partial charge in [0.1, 0.15) is 10.9 Å². The Labute approximate surface area is 169 Å². The van der Waals surface area contributed by atoms with Crippen molar-refractivity contribution >= 4 is 11.6 Å². The molecular formula is C23H33ClN2O. The summed E-state index contributed by atoms with van der Waals surface area (Å²) < 4.78 is 5.81. The lowest BCUT2D eigenvalue weighted by molar-refractivity contribution is 0.305. The fraction of sp³-hybridized carbons (Fsp3) is 0.565. The molecule has 0 atom stereocenters. The van der Waals surface area contributed by atoms with Gasteiger partial charge in [-0.2, -0.15) is 0 Å². The predicted octanol–water partition coefficient (Wildman–Crippen LogP) is 7.19. The average Bonchev–Trinajstić information content (AvgIpc) is 2.67. The Morgan fingerprint density at radius 2 is 1.52 bits per heavy atom. The SMILES string of the molecule is CCCCCCOc1ccc(-c2nc(C)c(CCCCCC)c(Cl)n2)cc1. The van der Waals surface area contributed by atoms with Crippen LogP contribution in [0.1, 0.15) is 76.5 Å². The smallest absolute Gasteiger partial charge is 0.161 e. The van der Waals surface area contributed by atoms with Crippen LogP contribution in [0.25, 0.3) is 11.4 Å². The third kappa shape index (κ3) is 7.14. The van der Waals surface area contributed by atoms with Gasteiger partial charge in [0.25, 0.3) is 0 Å². The maximum absolute atomic E-state index is 6.46. The first-order valence-corrected chi connectivity index (χ1v) is 10.8. The predicted molar refractivity (Wildman–Crippen MR) is 115 cm³/mol. The van der Waals surface area contributed by atoms with Gasteiger partial charge in [-0.3, -0.25) is 0 Å². The van der Waals surface area contributed by atoms with Gasteiger partial charge >= 0.3 is 0 Å². The second-order valence-electron chi connectivity index (χ2n) is 7.15. The number of nitrogens with zero attached hydrogens (tertiary/aromatic N) is 2. The third-order valence-electron chi connectivity index (χ3n) is 4.82. The van der Waals surface area contributed by atoms with Crippen molar-refractivity contribution in [2.45, 2.75) is 78.6 Å². The first kappa shape index (κ1) is 21.7. The molecule has 0 bridgehead atoms. The summed E-state index contributed by atoms with van der Waals surface area (Å²) in [4.78, 5) is 9.23. The lowest BCUT2D eigenvalue weighted by Gasteiger charge is -2.10. The number of unbranched alkanes of at least 4 members (excludes halogenated alkanes) is 6. The number of hydrogen-bond acceptors (Lipinski definition) is 3. The van der Waals surface area contributed by atoms with Gasteiger partial charge in [-0.15, -0.1) is 0 Å². The van der Waals surface area contributed by atoms with E-state index in [1.807, 2.05) is 31.2 Å². The van der Waals surface area contributed by atoms with Gasteiger partial charge in [0.2, 0.25) is 0 Å². The highest BCUT2D eigenvalue weighted by Gasteiger charge is 2.11. The van der Waals surface area contributed by atoms with E-state index in [4.69, 9.17) is 21.3 Å². The van der Waals surface area contributed by atoms with Crippen LogP contribution >= 0.6 is 11.6 Å². The quantitative estimate of drug-likeness (QED) is 0.285. The van der Waals surface area contributed by atoms with E-state index in [2.05, 4.69) is 18.8 Å². The van der Waals surface area contributed by atoms with Crippen molar-refractivity contribution in [1.29, 1.82) is 0 Å². The number of aryl methyl sites for hydroxylation is 1. The molecule has 0 N–H and O–H groups in total. The van der Waals surface area contributed by atoms with Crippen LogP contribution in [0.5, 0.6) is 5.75 Å². The minimum atomic E-state index is 0.588. The normalized spacial score (nSPS) is 11.0. The summed E-state index contributed by atoms with van der Waals surface area (Å²) >= 11 is 6.46. The van der Waals surface area contributed by atoms with E-state index < -0.39 is 0 Å². The molecule has 27 heavy (non-hydrogen) atoms. The van der Waals surface area contributed by atoms with Crippen molar-refractivity contribution in [3.05, 3.63) is 40.7 Å². The van der Waals surface area contributed by atoms with E-state index >= 15 is 0 Å². The Hall–Kier alpha value is -1.61. The van der Waals surface area contributed by atoms with Crippen LogP contribution in [-0.2, 0) is 6.42 Å². The molecule has 0 unspecified atom stereocenters. The van der Waals surface area contributed by atoms with Crippen molar-refractivity contribution < 1.29 is 4.74 Å². The minimum Gasteiger partial charge on any atom is -0.494 e. The number of halogens is 1. The second-order valence-corrected chi connectivity index (χ2v) is 7.50. The first-order valence-electron chi connectivity index (χ1n) is 10.4. The molecule has 0 saturated heterocycles. The molecular weight excluding hydrogens is 356 g/mol. The first-order chi connectivity index (χ1) is 13.2. The number of benzene rings is 1. The minimum absolute atomic E-state index is 0.588. The topological polar surface area (TPSA) is 35.0 Å². The zero-order valence-corrected chi connectivity index (χ0v) is 17.8. The molecule has 2 aromatic rings. The van der Waals surface area contributed by atoms with Gasteiger partial charge in [-0.1, -0.05) is 64.0 Å². The standard InChI is InChI=1S/C23H33ClN2O/c1-4-6-8-10-12-21-18(3)25-23(26-22(21)24)19-13-15-20(16-14-19)27-17-11-9-7-5-2/h13-16H,4-12,17H2,1-3H3. The Morgan fingerprint density at radius 1 is 0.852 bits per heavy atom. The van der Waals surface area contributed by atoms with Gasteiger partial charge in [-0.05, 0) is 50.5 Å². The van der Waals surface area contributed by atoms with Crippen molar-refractivity contribution in [3.8, 4) is 17.1 Å². The fourth-order valence-corrected chi connectivity index (χ4v) is 3.43. The highest BCUT2D eigenvalue weighted by Crippen LogP contribution is 2.25. The summed E-state index contributed by atoms with van der Waals surface area (Å²) in [5.74, 6) is 1.58. The number of aromatic nitrogens is 2. The largest absolute Gasteiger partial charge is 0.494 e. The van der Waals surface area contributed by atoms with Crippen LogP contribution in [-0.4, -0.2) is 16.6 Å². The van der Waals surface area contributed by atoms with Crippen LogP contribution in [0, 0.1) is 6.92 Å². The van der Waals surface area contributed by atoms with Crippen molar-refractivity contribution in [2.75, 3.05) is 6.61 Å². The number of rotatable bonds is 12. The maximum Gasteiger partial charge on any atom is 0.161 e. The molecule has 0 spiro atoms. The molecule has 148 valence electrons. The molecule has 0 fully saturated rings. The van der Waals surface area contributed by atoms with E-state index in [0.717, 1.165) is 48.4 Å². The zero-order valence-electron chi connectivity index (χ0n) is 17.1. The Bertz CT molecular complexity index is 662. The lowest BCUT2D eigenvalue weighted by atomic mass is 10.1. The Kier molecular flexibility index (Phi) is 9.61. The average molecular weight is 389 g/mol. The van der Waals surface area contributed by atoms with Crippen LogP contribution < -0.4 is 4.74 Å². The van der Waals surface area contributed by atoms with E-state index in [1.54, 1.807) is 0 Å². The summed E-state index contributed by atoms with van der Waals surface area (Å²) in [6.07, 6.45) is 10.7. The van der Waals surface area contributed by atoms with E-state index in [0.29, 0.717) is 11.0 Å². The Balaban J connectivity index is 1.97. The van der Waals surface area contributed by atoms with Crippen molar-refractivity contribution in [2.24, 2.45) is 0 Å². The van der Waals surface area contributed by atoms with E-state index in [-0.39, 0.29) is 0 Å². The Morgan fingerprint density at radius 3 is 2.15 bits per heavy atom. The fourth-order valence-electron chi connectivity index (χ4n) is 3.12. The summed E-state index contributed by atoms with van der Waals surface area (Å²) in [5.41, 5.74) is 3.04. The maximum atomic E-state index is 6.46. The summed E-state index contributed by atoms with van der Waals surface area (Å²) in [6, 6.07) is 7.99. The molecule has 1 aromatic carbocycles. The van der Waals surface area contributed by atoms with Gasteiger partial charge in [-0.25, -0.2) is 9.97 Å². The monoisotopic (exact) mass is 388 g/mol. The van der Waals surface area contributed by atoms with E-state index in [9.17, 15) is 0 Å². The molecule has 1 aromatic heterocycles. The third-order valence-corrected chi connectivity index (χ3v) is 5.14. The van der Waals surface area contributed by atoms with Crippen LogP contribution in [0.3, 0.4) is 0 Å². The molecule has 0 aliphatic carbocycles. The summed E-state index contributed by atoms with van der Waals surface area (Å²) in [6.45, 7) is 7.24. The summed E-state index contributed by atoms with van der Waals surface area (Å²) in [5, 5.41) is 0.588. The molecule has 0 aliphatic rings. The lowest BCUT2D eigenvalue weighted by Crippen LogP contribution is -2.01.